The van der Waals surface area contributed by atoms with E-state index in [1.165, 1.54) is 45.2 Å². The van der Waals surface area contributed by atoms with Crippen molar-refractivity contribution in [3.05, 3.63) is 145 Å². The number of benzene rings is 1. The van der Waals surface area contributed by atoms with E-state index in [0.717, 1.165) is 5.69 Å². The van der Waals surface area contributed by atoms with Crippen LogP contribution in [0.4, 0.5) is 89.4 Å². The Morgan fingerprint density at radius 1 is 0.385 bits per heavy atom. The van der Waals surface area contributed by atoms with E-state index in [0.29, 0.717) is 195 Å². The minimum absolute atomic E-state index is 0.0452. The minimum atomic E-state index is -0.445. The van der Waals surface area contributed by atoms with Crippen LogP contribution in [0.25, 0.3) is 45.6 Å². The monoisotopic (exact) mass is 1840 g/mol. The first kappa shape index (κ1) is 95.5. The zero-order valence-electron chi connectivity index (χ0n) is 78.1. The van der Waals surface area contributed by atoms with Crippen LogP contribution in [-0.4, -0.2) is 283 Å². The first-order valence-electron chi connectivity index (χ1n) is 42.5. The van der Waals surface area contributed by atoms with Gasteiger partial charge in [-0.25, -0.2) is 54.3 Å². The number of carbonyl (C=O) groups is 7. The molecule has 0 aliphatic carbocycles. The lowest BCUT2D eigenvalue weighted by Gasteiger charge is -2.21. The molecule has 16 rings (SSSR count). The molecule has 15 heterocycles. The van der Waals surface area contributed by atoms with Crippen LogP contribution in [-0.2, 0) is 35.2 Å². The number of amides is 9. The number of para-hydroxylation sites is 1. The Morgan fingerprint density at radius 2 is 0.733 bits per heavy atom. The number of methoxy groups -OCH3 is 4. The van der Waals surface area contributed by atoms with E-state index in [9.17, 15) is 33.6 Å². The van der Waals surface area contributed by atoms with Crippen molar-refractivity contribution in [1.29, 1.82) is 0 Å². The van der Waals surface area contributed by atoms with Gasteiger partial charge in [0.1, 0.15) is 31.1 Å². The van der Waals surface area contributed by atoms with Crippen LogP contribution in [0.5, 0.6) is 23.0 Å². The maximum absolute atomic E-state index is 12.8. The zero-order chi connectivity index (χ0) is 96.7. The molecule has 0 unspecified atom stereocenters. The molecule has 1 aromatic carbocycles. The topological polar surface area (TPSA) is 542 Å². The van der Waals surface area contributed by atoms with Gasteiger partial charge in [0.05, 0.1) is 84.7 Å². The van der Waals surface area contributed by atoms with Gasteiger partial charge in [-0.15, -0.1) is 30.6 Å². The van der Waals surface area contributed by atoms with Gasteiger partial charge in [-0.1, -0.05) is 13.0 Å². The molecule has 135 heavy (non-hydrogen) atoms. The number of rotatable bonds is 29. The number of Topliss-reactive ketones (excluding diaryl/α,β-unsaturated/α-hetero) is 1. The second kappa shape index (κ2) is 42.2. The maximum Gasteiger partial charge on any atom is 0.326 e. The van der Waals surface area contributed by atoms with Crippen molar-refractivity contribution in [1.82, 2.24) is 150 Å². The van der Waals surface area contributed by atoms with Gasteiger partial charge in [0.25, 0.3) is 17.7 Å². The van der Waals surface area contributed by atoms with E-state index in [4.69, 9.17) is 18.9 Å². The third kappa shape index (κ3) is 21.2. The highest BCUT2D eigenvalue weighted by Gasteiger charge is 2.37. The maximum atomic E-state index is 12.8. The number of urea groups is 3. The Bertz CT molecular complexity index is 6050. The average Bonchev–Trinajstić information content (AvgIpc) is 1.64. The molecular formula is C86H104N38O11. The van der Waals surface area contributed by atoms with Crippen LogP contribution in [0.2, 0.25) is 0 Å². The number of hydrogen-bond donors (Lipinski definition) is 8. The van der Waals surface area contributed by atoms with Crippen molar-refractivity contribution >= 4 is 117 Å². The van der Waals surface area contributed by atoms with Crippen molar-refractivity contribution in [3.8, 4) is 68.5 Å². The van der Waals surface area contributed by atoms with E-state index in [1.807, 2.05) is 73.7 Å². The first-order valence-corrected chi connectivity index (χ1v) is 42.5. The zero-order valence-corrected chi connectivity index (χ0v) is 78.1. The summed E-state index contributed by atoms with van der Waals surface area (Å²) in [6, 6.07) is 18.9. The van der Waals surface area contributed by atoms with Gasteiger partial charge in [-0.3, -0.25) is 57.3 Å². The molecule has 0 atom stereocenters. The van der Waals surface area contributed by atoms with E-state index in [-0.39, 0.29) is 59.1 Å². The summed E-state index contributed by atoms with van der Waals surface area (Å²) >= 11 is 0. The molecule has 3 aliphatic heterocycles. The number of aryl methyl sites for hydroxylation is 6. The first-order chi connectivity index (χ1) is 64.9. The smallest absolute Gasteiger partial charge is 0.326 e. The average molecular weight is 1850 g/mol. The number of hydrogen-bond acceptors (Lipinski definition) is 35. The quantitative estimate of drug-likeness (QED) is 0.0204. The summed E-state index contributed by atoms with van der Waals surface area (Å²) in [5, 5.41) is 70.1. The highest BCUT2D eigenvalue weighted by atomic mass is 16.5. The van der Waals surface area contributed by atoms with Crippen molar-refractivity contribution in [2.75, 3.05) is 130 Å². The van der Waals surface area contributed by atoms with Gasteiger partial charge < -0.3 is 76.2 Å². The lowest BCUT2D eigenvalue weighted by atomic mass is 10.1. The summed E-state index contributed by atoms with van der Waals surface area (Å²) in [6.07, 6.45) is 13.1. The van der Waals surface area contributed by atoms with E-state index >= 15 is 0 Å². The van der Waals surface area contributed by atoms with Crippen molar-refractivity contribution in [2.24, 2.45) is 35.2 Å². The van der Waals surface area contributed by atoms with Gasteiger partial charge >= 0.3 is 18.1 Å². The number of anilines is 13. The lowest BCUT2D eigenvalue weighted by molar-refractivity contribution is 0.0950. The molecule has 3 fully saturated rings. The third-order valence-corrected chi connectivity index (χ3v) is 21.3. The van der Waals surface area contributed by atoms with Crippen LogP contribution in [0.1, 0.15) is 102 Å². The summed E-state index contributed by atoms with van der Waals surface area (Å²) in [5.41, 5.74) is 6.35. The Kier molecular flexibility index (Phi) is 29.9. The summed E-state index contributed by atoms with van der Waals surface area (Å²) in [5.74, 6) is 5.57. The molecule has 3 saturated heterocycles. The summed E-state index contributed by atoms with van der Waals surface area (Å²) in [7, 11) is 19.6. The third-order valence-electron chi connectivity index (χ3n) is 21.3. The second-order valence-corrected chi connectivity index (χ2v) is 31.2. The standard InChI is InChI=1S/C22H27N9O3.C22H25N9O2.2C21H26N10O3/c1-13(2)30-9-10-31(22(30)33)17-11-16(18(27-26-17)21(32)23-3)25-15-8-6-7-14(19(15)34-5)20-24-12-29(4)28-20;1-6-17(32)15-11-24-18(27-19-9-13(2)31(4)28-19)10-16(15)26-22-20(33-5)14(7-8-23-22)21-25-12-30(3)29-21;2*1-12(2)30-8-9-31(21(30)33)15-10-14(16(27-26-15)20(32)22-3)25-19-17(34-5)13(6-7-23-19)18-24-11-29(4)28-18/h6-8,11-13H,9-10H2,1-5H3,(H,23,32)(H,25,26);7-12H,6H2,1-5H3,(H2,23,24,26,27,28);2*6-7,10-12H,8-9H2,1-5H3,(H,22,32)(H,23,25,26). The number of nitrogens with zero attached hydrogens (tertiary/aromatic N) is 30. The summed E-state index contributed by atoms with van der Waals surface area (Å²) in [4.78, 5) is 133. The minimum Gasteiger partial charge on any atom is -0.494 e. The SMILES string of the molecule is CCC(=O)c1cnc(Nc2cc(C)n(C)n2)cc1Nc1nccc(-c2ncn(C)n2)c1OC.CNC(=O)c1nnc(N2CCN(C(C)C)C2=O)cc1Nc1cccc(-c2ncn(C)n2)c1OC.CNC(=O)c1nnc(N2CCN(C(C)C)C2=O)cc1Nc1nccc(-c2ncn(C)n2)c1OC.CNC(=O)c1nnc(N2CCN(C(C)C)C2=O)cc1Nc1nccc(-c2ncn(C)n2)c1OC. The van der Waals surface area contributed by atoms with Gasteiger partial charge in [-0.05, 0) is 78.8 Å². The van der Waals surface area contributed by atoms with Gasteiger partial charge in [-0.2, -0.15) is 25.5 Å². The molecule has 8 N–H and O–H groups in total. The van der Waals surface area contributed by atoms with Crippen LogP contribution >= 0.6 is 0 Å². The molecule has 3 aliphatic rings. The Labute approximate surface area is 774 Å². The van der Waals surface area contributed by atoms with Crippen molar-refractivity contribution in [2.45, 2.75) is 79.9 Å². The van der Waals surface area contributed by atoms with Crippen molar-refractivity contribution in [3.63, 3.8) is 0 Å². The fourth-order valence-electron chi connectivity index (χ4n) is 14.4. The molecular weight excluding hydrogens is 1740 g/mol. The Hall–Kier alpha value is -17.1. The fraction of sp³-hybridized carbons (Fsp3) is 0.349. The van der Waals surface area contributed by atoms with Crippen LogP contribution in [0, 0.1) is 6.92 Å². The van der Waals surface area contributed by atoms with E-state index < -0.39 is 17.7 Å². The number of aromatic nitrogens is 24. The van der Waals surface area contributed by atoms with E-state index in [2.05, 4.69) is 138 Å². The fourth-order valence-corrected chi connectivity index (χ4v) is 14.4. The predicted molar refractivity (Wildman–Crippen MR) is 499 cm³/mol. The van der Waals surface area contributed by atoms with Crippen LogP contribution in [0.3, 0.4) is 0 Å². The van der Waals surface area contributed by atoms with Crippen LogP contribution in [0.15, 0.2) is 117 Å². The highest BCUT2D eigenvalue weighted by molar-refractivity contribution is 6.04. The molecule has 0 bridgehead atoms. The number of pyridine rings is 4. The molecule has 704 valence electrons. The highest BCUT2D eigenvalue weighted by Crippen LogP contribution is 2.42. The Morgan fingerprint density at radius 3 is 1.04 bits per heavy atom. The summed E-state index contributed by atoms with van der Waals surface area (Å²) < 4.78 is 30.7. The summed E-state index contributed by atoms with van der Waals surface area (Å²) in [6.45, 7) is 18.7. The van der Waals surface area contributed by atoms with E-state index in [1.54, 1.807) is 191 Å². The van der Waals surface area contributed by atoms with Gasteiger partial charge in [0, 0.05) is 181 Å². The van der Waals surface area contributed by atoms with Crippen LogP contribution < -0.4 is 76.2 Å². The normalized spacial score (nSPS) is 12.9. The molecule has 13 aromatic rings. The number of ketones is 1. The number of ether oxygens (including phenoxy) is 4. The molecule has 9 amide bonds. The Balaban J connectivity index is 0.000000152. The van der Waals surface area contributed by atoms with Crippen molar-refractivity contribution < 1.29 is 52.5 Å². The number of carbonyl (C=O) groups excluding carboxylic acids is 7. The molecule has 0 saturated carbocycles. The molecule has 0 spiro atoms. The van der Waals surface area contributed by atoms with Gasteiger partial charge in [0.15, 0.2) is 110 Å². The predicted octanol–water partition coefficient (Wildman–Crippen LogP) is 8.30. The largest absolute Gasteiger partial charge is 0.494 e. The molecule has 49 nitrogen and oxygen atoms in total. The molecule has 12 aromatic heterocycles. The molecule has 49 heteroatoms. The molecule has 0 radical (unpaired) electrons. The van der Waals surface area contributed by atoms with Gasteiger partial charge in [0.2, 0.25) is 0 Å². The second-order valence-electron chi connectivity index (χ2n) is 31.2. The lowest BCUT2D eigenvalue weighted by Crippen LogP contribution is -2.36. The number of nitrogens with one attached hydrogen (secondary N) is 8.